The molecule has 0 fully saturated rings. The van der Waals surface area contributed by atoms with Crippen molar-refractivity contribution in [1.82, 2.24) is 0 Å². The van der Waals surface area contributed by atoms with Crippen LogP contribution in [0.1, 0.15) is 32.3 Å². The van der Waals surface area contributed by atoms with E-state index in [1.165, 1.54) is 7.11 Å². The summed E-state index contributed by atoms with van der Waals surface area (Å²) in [6.07, 6.45) is 0.286. The summed E-state index contributed by atoms with van der Waals surface area (Å²) in [6, 6.07) is 5.42. The predicted octanol–water partition coefficient (Wildman–Crippen LogP) is 5.52. The van der Waals surface area contributed by atoms with Crippen molar-refractivity contribution in [2.24, 2.45) is 5.73 Å². The van der Waals surface area contributed by atoms with Crippen molar-refractivity contribution in [3.8, 4) is 17.6 Å². The van der Waals surface area contributed by atoms with Gasteiger partial charge in [0.15, 0.2) is 5.60 Å². The van der Waals surface area contributed by atoms with Crippen LogP contribution in [-0.4, -0.2) is 28.5 Å². The average Bonchev–Trinajstić information content (AvgIpc) is 2.87. The highest BCUT2D eigenvalue weighted by molar-refractivity contribution is 14.2. The van der Waals surface area contributed by atoms with Gasteiger partial charge in [0.25, 0.3) is 0 Å². The minimum Gasteiger partial charge on any atom is -0.496 e. The predicted molar refractivity (Wildman–Crippen MR) is 133 cm³/mol. The molecule has 1 aliphatic rings. The van der Waals surface area contributed by atoms with Crippen LogP contribution in [-0.2, 0) is 5.41 Å². The normalized spacial score (nSPS) is 16.3. The molecular formula is C25H27F3INO2. The van der Waals surface area contributed by atoms with Crippen molar-refractivity contribution in [2.45, 2.75) is 43.9 Å². The number of hydrogen-bond acceptors (Lipinski definition) is 3. The quantitative estimate of drug-likeness (QED) is 0.358. The summed E-state index contributed by atoms with van der Waals surface area (Å²) in [5.74, 6) is 5.63. The largest absolute Gasteiger partial charge is 0.496 e. The van der Waals surface area contributed by atoms with Crippen molar-refractivity contribution >= 4 is 25.2 Å². The molecule has 0 radical (unpaired) electrons. The first-order chi connectivity index (χ1) is 14.8. The number of aliphatic hydroxyl groups is 1. The Morgan fingerprint density at radius 3 is 2.41 bits per heavy atom. The fourth-order valence-corrected chi connectivity index (χ4v) is 4.38. The number of hydrogen-bond donors (Lipinski definition) is 2. The van der Waals surface area contributed by atoms with Crippen molar-refractivity contribution in [3.63, 3.8) is 0 Å². The molecule has 1 aliphatic carbocycles. The second-order valence-corrected chi connectivity index (χ2v) is 10.2. The van der Waals surface area contributed by atoms with Gasteiger partial charge in [0.1, 0.15) is 5.75 Å². The SMILES string of the molecule is C=Ic1ccc(OC)c(C(C)(C)CC(O)(CC#CC2=C(N)C=CC(=C)C=C2)C(F)(F)F)c1. The molecule has 7 heteroatoms. The second-order valence-electron chi connectivity index (χ2n) is 8.16. The van der Waals surface area contributed by atoms with Gasteiger partial charge in [-0.3, -0.25) is 0 Å². The van der Waals surface area contributed by atoms with E-state index in [9.17, 15) is 18.3 Å². The van der Waals surface area contributed by atoms with E-state index in [2.05, 4.69) is 22.9 Å². The van der Waals surface area contributed by atoms with E-state index < -0.39 is 50.8 Å². The third kappa shape index (κ3) is 6.14. The van der Waals surface area contributed by atoms with Crippen LogP contribution in [0.25, 0.3) is 0 Å². The highest BCUT2D eigenvalue weighted by Gasteiger charge is 2.55. The van der Waals surface area contributed by atoms with Gasteiger partial charge in [-0.1, -0.05) is 69.7 Å². The fraction of sp³-hybridized carbons (Fsp3) is 0.320. The number of alkyl halides is 3. The Hall–Kier alpha value is -2.31. The Morgan fingerprint density at radius 2 is 1.81 bits per heavy atom. The molecule has 0 amide bonds. The first-order valence-electron chi connectivity index (χ1n) is 9.73. The molecule has 0 saturated carbocycles. The van der Waals surface area contributed by atoms with Gasteiger partial charge < -0.3 is 15.6 Å². The van der Waals surface area contributed by atoms with Crippen LogP contribution < -0.4 is 10.5 Å². The zero-order valence-electron chi connectivity index (χ0n) is 18.3. The molecule has 0 heterocycles. The lowest BCUT2D eigenvalue weighted by atomic mass is 9.73. The smallest absolute Gasteiger partial charge is 0.418 e. The summed E-state index contributed by atoms with van der Waals surface area (Å²) in [5, 5.41) is 10.8. The zero-order valence-corrected chi connectivity index (χ0v) is 20.5. The Morgan fingerprint density at radius 1 is 1.16 bits per heavy atom. The molecule has 32 heavy (non-hydrogen) atoms. The van der Waals surface area contributed by atoms with Crippen LogP contribution in [0.3, 0.4) is 0 Å². The molecule has 0 aromatic heterocycles. The van der Waals surface area contributed by atoms with Gasteiger partial charge in [-0.15, -0.1) is 0 Å². The monoisotopic (exact) mass is 557 g/mol. The molecule has 0 bridgehead atoms. The number of benzene rings is 1. The maximum atomic E-state index is 14.0. The van der Waals surface area contributed by atoms with E-state index >= 15 is 0 Å². The summed E-state index contributed by atoms with van der Waals surface area (Å²) in [7, 11) is 1.47. The van der Waals surface area contributed by atoms with Gasteiger partial charge >= 0.3 is 6.18 Å². The van der Waals surface area contributed by atoms with Crippen molar-refractivity contribution in [2.75, 3.05) is 7.11 Å². The van der Waals surface area contributed by atoms with Crippen LogP contribution in [0.15, 0.2) is 65.9 Å². The lowest BCUT2D eigenvalue weighted by Crippen LogP contribution is -2.49. The Bertz CT molecular complexity index is 1060. The number of nitrogens with two attached hydrogens (primary N) is 1. The average molecular weight is 557 g/mol. The van der Waals surface area contributed by atoms with E-state index in [0.29, 0.717) is 28.2 Å². The summed E-state index contributed by atoms with van der Waals surface area (Å²) < 4.78 is 52.3. The first kappa shape index (κ1) is 25.9. The van der Waals surface area contributed by atoms with Crippen LogP contribution in [0.4, 0.5) is 13.2 Å². The van der Waals surface area contributed by atoms with Gasteiger partial charge in [-0.25, -0.2) is 0 Å². The molecule has 172 valence electrons. The number of ether oxygens (including phenoxy) is 1. The number of methoxy groups -OCH3 is 1. The van der Waals surface area contributed by atoms with Crippen LogP contribution in [0, 0.1) is 15.4 Å². The molecule has 3 N–H and O–H groups in total. The molecular weight excluding hydrogens is 530 g/mol. The molecule has 0 spiro atoms. The minimum absolute atomic E-state index is 0.321. The van der Waals surface area contributed by atoms with Gasteiger partial charge in [0.2, 0.25) is 0 Å². The highest BCUT2D eigenvalue weighted by Crippen LogP contribution is 2.45. The summed E-state index contributed by atoms with van der Waals surface area (Å²) >= 11 is -0.506. The topological polar surface area (TPSA) is 55.5 Å². The van der Waals surface area contributed by atoms with Crippen molar-refractivity contribution in [1.29, 1.82) is 0 Å². The Labute approximate surface area is 197 Å². The molecule has 1 unspecified atom stereocenters. The van der Waals surface area contributed by atoms with E-state index in [4.69, 9.17) is 10.5 Å². The van der Waals surface area contributed by atoms with Crippen LogP contribution in [0.5, 0.6) is 5.75 Å². The van der Waals surface area contributed by atoms with Crippen LogP contribution >= 0.6 is 20.7 Å². The lowest BCUT2D eigenvalue weighted by molar-refractivity contribution is -0.264. The number of rotatable bonds is 6. The number of halogens is 4. The standard InChI is InChI=1S/C25H27F3INO2/c1-17-8-10-18(21(30)12-9-17)7-6-14-24(31,25(26,27)28)16-23(2,3)20-15-19(29-4)11-13-22(20)32-5/h8-13,15,31H,1,4,14,16,30H2,2-3,5H3. The summed E-state index contributed by atoms with van der Waals surface area (Å²) in [4.78, 5) is 0. The van der Waals surface area contributed by atoms with E-state index in [1.54, 1.807) is 44.2 Å². The van der Waals surface area contributed by atoms with Crippen LogP contribution in [0.2, 0.25) is 0 Å². The number of allylic oxidation sites excluding steroid dienone is 6. The second kappa shape index (κ2) is 10.1. The van der Waals surface area contributed by atoms with Crippen molar-refractivity contribution in [3.05, 3.63) is 75.1 Å². The first-order valence-corrected chi connectivity index (χ1v) is 12.3. The molecule has 1 aromatic carbocycles. The Balaban J connectivity index is 2.41. The van der Waals surface area contributed by atoms with Gasteiger partial charge in [0, 0.05) is 26.8 Å². The van der Waals surface area contributed by atoms with Gasteiger partial charge in [-0.05, 0) is 47.8 Å². The van der Waals surface area contributed by atoms with E-state index in [0.717, 1.165) is 3.57 Å². The maximum absolute atomic E-state index is 14.0. The third-order valence-corrected chi connectivity index (χ3v) is 6.71. The third-order valence-electron chi connectivity index (χ3n) is 5.16. The van der Waals surface area contributed by atoms with E-state index in [-0.39, 0.29) is 0 Å². The van der Waals surface area contributed by atoms with Crippen molar-refractivity contribution < 1.29 is 23.0 Å². The highest BCUT2D eigenvalue weighted by atomic mass is 127. The maximum Gasteiger partial charge on any atom is 0.418 e. The lowest BCUT2D eigenvalue weighted by Gasteiger charge is -2.37. The Kier molecular flexibility index (Phi) is 8.18. The summed E-state index contributed by atoms with van der Waals surface area (Å²) in [5.41, 5.74) is 3.82. The molecule has 0 aliphatic heterocycles. The molecule has 2 rings (SSSR count). The van der Waals surface area contributed by atoms with Gasteiger partial charge in [0.05, 0.1) is 7.11 Å². The fourth-order valence-electron chi connectivity index (χ4n) is 3.41. The molecule has 1 atom stereocenters. The zero-order chi connectivity index (χ0) is 24.2. The molecule has 1 aromatic rings. The van der Waals surface area contributed by atoms with E-state index in [1.807, 2.05) is 12.1 Å². The van der Waals surface area contributed by atoms with Gasteiger partial charge in [-0.2, -0.15) is 13.2 Å². The molecule has 3 nitrogen and oxygen atoms in total. The minimum atomic E-state index is -4.88. The molecule has 0 saturated heterocycles. The summed E-state index contributed by atoms with van der Waals surface area (Å²) in [6.45, 7) is 7.10.